The Balaban J connectivity index is 2.50. The van der Waals surface area contributed by atoms with E-state index in [2.05, 4.69) is 10.1 Å². The van der Waals surface area contributed by atoms with Gasteiger partial charge in [-0.1, -0.05) is 5.16 Å². The second-order valence-corrected chi connectivity index (χ2v) is 2.58. The van der Waals surface area contributed by atoms with Crippen LogP contribution in [0.15, 0.2) is 21.3 Å². The van der Waals surface area contributed by atoms with Crippen LogP contribution in [0.1, 0.15) is 11.4 Å². The number of aromatic nitrogens is 2. The predicted molar refractivity (Wildman–Crippen MR) is 41.5 cm³/mol. The highest BCUT2D eigenvalue weighted by molar-refractivity contribution is 5.49. The molecule has 0 atom stereocenters. The molecule has 0 bridgehead atoms. The largest absolute Gasteiger partial charge is 0.459 e. The number of furan rings is 1. The molecule has 0 aromatic carbocycles. The van der Waals surface area contributed by atoms with Gasteiger partial charge in [-0.15, -0.1) is 0 Å². The summed E-state index contributed by atoms with van der Waals surface area (Å²) < 4.78 is 10.1. The maximum Gasteiger partial charge on any atom is 0.293 e. The first-order valence-corrected chi connectivity index (χ1v) is 3.62. The Morgan fingerprint density at radius 2 is 2.17 bits per heavy atom. The van der Waals surface area contributed by atoms with Crippen molar-refractivity contribution in [2.45, 2.75) is 13.8 Å². The van der Waals surface area contributed by atoms with Crippen LogP contribution >= 0.6 is 0 Å². The monoisotopic (exact) mass is 164 g/mol. The van der Waals surface area contributed by atoms with Crippen molar-refractivity contribution in [3.8, 4) is 11.7 Å². The Morgan fingerprint density at radius 1 is 1.33 bits per heavy atom. The van der Waals surface area contributed by atoms with Gasteiger partial charge in [-0.05, 0) is 19.9 Å². The van der Waals surface area contributed by atoms with Gasteiger partial charge in [-0.2, -0.15) is 4.98 Å². The zero-order valence-electron chi connectivity index (χ0n) is 6.87. The molecule has 0 unspecified atom stereocenters. The summed E-state index contributed by atoms with van der Waals surface area (Å²) in [6.45, 7) is 3.70. The van der Waals surface area contributed by atoms with Crippen LogP contribution in [0.2, 0.25) is 0 Å². The lowest BCUT2D eigenvalue weighted by atomic mass is 10.3. The highest BCUT2D eigenvalue weighted by Gasteiger charge is 2.11. The molecule has 0 radical (unpaired) electrons. The normalized spacial score (nSPS) is 10.5. The molecule has 4 nitrogen and oxygen atoms in total. The lowest BCUT2D eigenvalue weighted by molar-refractivity contribution is 0.411. The van der Waals surface area contributed by atoms with Crippen LogP contribution in [0.4, 0.5) is 0 Å². The highest BCUT2D eigenvalue weighted by Crippen LogP contribution is 2.21. The molecule has 0 amide bonds. The molecule has 0 aliphatic carbocycles. The van der Waals surface area contributed by atoms with Crippen molar-refractivity contribution < 1.29 is 8.94 Å². The zero-order chi connectivity index (χ0) is 8.55. The molecule has 4 heteroatoms. The first-order valence-electron chi connectivity index (χ1n) is 3.62. The SMILES string of the molecule is Cc1noc(-c2occc2C)n1. The summed E-state index contributed by atoms with van der Waals surface area (Å²) in [6, 6.07) is 1.86. The van der Waals surface area contributed by atoms with Crippen LogP contribution in [0.3, 0.4) is 0 Å². The van der Waals surface area contributed by atoms with E-state index in [1.807, 2.05) is 13.0 Å². The van der Waals surface area contributed by atoms with Crippen LogP contribution in [-0.4, -0.2) is 10.1 Å². The third-order valence-corrected chi connectivity index (χ3v) is 1.58. The van der Waals surface area contributed by atoms with E-state index in [0.717, 1.165) is 5.56 Å². The Bertz CT molecular complexity index is 389. The minimum absolute atomic E-state index is 0.440. The van der Waals surface area contributed by atoms with E-state index in [1.54, 1.807) is 13.2 Å². The number of rotatable bonds is 1. The van der Waals surface area contributed by atoms with Gasteiger partial charge in [0.1, 0.15) is 0 Å². The summed E-state index contributed by atoms with van der Waals surface area (Å²) in [5.41, 5.74) is 0.999. The molecule has 0 aliphatic heterocycles. The molecule has 62 valence electrons. The fraction of sp³-hybridized carbons (Fsp3) is 0.250. The number of aryl methyl sites for hydroxylation is 2. The zero-order valence-corrected chi connectivity index (χ0v) is 6.87. The van der Waals surface area contributed by atoms with E-state index in [4.69, 9.17) is 8.94 Å². The van der Waals surface area contributed by atoms with Crippen LogP contribution in [0.5, 0.6) is 0 Å². The first kappa shape index (κ1) is 7.09. The molecule has 2 heterocycles. The molecule has 12 heavy (non-hydrogen) atoms. The minimum atomic E-state index is 0.440. The molecule has 0 saturated heterocycles. The third kappa shape index (κ3) is 1.01. The van der Waals surface area contributed by atoms with E-state index in [0.29, 0.717) is 17.5 Å². The lowest BCUT2D eigenvalue weighted by Crippen LogP contribution is -1.76. The van der Waals surface area contributed by atoms with Crippen LogP contribution in [0, 0.1) is 13.8 Å². The topological polar surface area (TPSA) is 52.1 Å². The molecular weight excluding hydrogens is 156 g/mol. The maximum atomic E-state index is 5.17. The van der Waals surface area contributed by atoms with Crippen LogP contribution in [-0.2, 0) is 0 Å². The van der Waals surface area contributed by atoms with Crippen molar-refractivity contribution >= 4 is 0 Å². The minimum Gasteiger partial charge on any atom is -0.459 e. The van der Waals surface area contributed by atoms with Crippen molar-refractivity contribution in [1.29, 1.82) is 0 Å². The molecule has 0 N–H and O–H groups in total. The molecule has 2 rings (SSSR count). The van der Waals surface area contributed by atoms with E-state index < -0.39 is 0 Å². The van der Waals surface area contributed by atoms with E-state index >= 15 is 0 Å². The average Bonchev–Trinajstić information content (AvgIpc) is 2.58. The van der Waals surface area contributed by atoms with Gasteiger partial charge in [0, 0.05) is 5.56 Å². The van der Waals surface area contributed by atoms with Crippen LogP contribution in [0.25, 0.3) is 11.7 Å². The summed E-state index contributed by atoms with van der Waals surface area (Å²) in [5, 5.41) is 3.67. The average molecular weight is 164 g/mol. The summed E-state index contributed by atoms with van der Waals surface area (Å²) in [4.78, 5) is 4.04. The lowest BCUT2D eigenvalue weighted by Gasteiger charge is -1.86. The summed E-state index contributed by atoms with van der Waals surface area (Å²) in [7, 11) is 0. The smallest absolute Gasteiger partial charge is 0.293 e. The van der Waals surface area contributed by atoms with Crippen molar-refractivity contribution in [3.63, 3.8) is 0 Å². The van der Waals surface area contributed by atoms with Gasteiger partial charge in [-0.3, -0.25) is 0 Å². The first-order chi connectivity index (χ1) is 5.77. The standard InChI is InChI=1S/C8H8N2O2/c1-5-3-4-11-7(5)8-9-6(2)10-12-8/h3-4H,1-2H3. The van der Waals surface area contributed by atoms with Crippen LogP contribution < -0.4 is 0 Å². The van der Waals surface area contributed by atoms with Gasteiger partial charge in [0.25, 0.3) is 5.89 Å². The Hall–Kier alpha value is -1.58. The second-order valence-electron chi connectivity index (χ2n) is 2.58. The van der Waals surface area contributed by atoms with Gasteiger partial charge in [-0.25, -0.2) is 0 Å². The van der Waals surface area contributed by atoms with Gasteiger partial charge < -0.3 is 8.94 Å². The quantitative estimate of drug-likeness (QED) is 0.646. The van der Waals surface area contributed by atoms with Gasteiger partial charge in [0.2, 0.25) is 0 Å². The van der Waals surface area contributed by atoms with Crippen molar-refractivity contribution in [1.82, 2.24) is 10.1 Å². The number of hydrogen-bond acceptors (Lipinski definition) is 4. The maximum absolute atomic E-state index is 5.17. The van der Waals surface area contributed by atoms with Gasteiger partial charge >= 0.3 is 0 Å². The number of nitrogens with zero attached hydrogens (tertiary/aromatic N) is 2. The summed E-state index contributed by atoms with van der Waals surface area (Å²) in [5.74, 6) is 1.70. The molecule has 2 aromatic rings. The van der Waals surface area contributed by atoms with E-state index in [-0.39, 0.29) is 0 Å². The van der Waals surface area contributed by atoms with Gasteiger partial charge in [0.15, 0.2) is 11.6 Å². The Labute approximate surface area is 69.2 Å². The third-order valence-electron chi connectivity index (χ3n) is 1.58. The summed E-state index contributed by atoms with van der Waals surface area (Å²) >= 11 is 0. The van der Waals surface area contributed by atoms with Crippen molar-refractivity contribution in [2.24, 2.45) is 0 Å². The fourth-order valence-electron chi connectivity index (χ4n) is 0.981. The van der Waals surface area contributed by atoms with E-state index in [1.165, 1.54) is 0 Å². The molecule has 0 aliphatic rings. The highest BCUT2D eigenvalue weighted by atomic mass is 16.5. The number of hydrogen-bond donors (Lipinski definition) is 0. The molecule has 0 fully saturated rings. The molecule has 0 saturated carbocycles. The molecule has 2 aromatic heterocycles. The van der Waals surface area contributed by atoms with Crippen molar-refractivity contribution in [3.05, 3.63) is 23.7 Å². The molecular formula is C8H8N2O2. The van der Waals surface area contributed by atoms with E-state index in [9.17, 15) is 0 Å². The Kier molecular flexibility index (Phi) is 1.46. The second kappa shape index (κ2) is 2.48. The Morgan fingerprint density at radius 3 is 2.67 bits per heavy atom. The van der Waals surface area contributed by atoms with Gasteiger partial charge in [0.05, 0.1) is 6.26 Å². The molecule has 0 spiro atoms. The fourth-order valence-corrected chi connectivity index (χ4v) is 0.981. The van der Waals surface area contributed by atoms with Crippen molar-refractivity contribution in [2.75, 3.05) is 0 Å². The predicted octanol–water partition coefficient (Wildman–Crippen LogP) is 1.95. The summed E-state index contributed by atoms with van der Waals surface area (Å²) in [6.07, 6.45) is 1.60.